The second-order valence-corrected chi connectivity index (χ2v) is 9.02. The fourth-order valence-corrected chi connectivity index (χ4v) is 4.39. The van der Waals surface area contributed by atoms with Gasteiger partial charge in [-0.2, -0.15) is 0 Å². The minimum atomic E-state index is -0.903. The highest BCUT2D eigenvalue weighted by atomic mass is 16.5. The van der Waals surface area contributed by atoms with E-state index in [-0.39, 0.29) is 12.8 Å². The first-order valence-electron chi connectivity index (χ1n) is 12.5. The molecular formula is C31H31NO5. The van der Waals surface area contributed by atoms with Crippen LogP contribution in [0.2, 0.25) is 0 Å². The van der Waals surface area contributed by atoms with Gasteiger partial charge in [-0.15, -0.1) is 0 Å². The number of aliphatic carboxylic acids is 2. The number of hydrogen-bond acceptors (Lipinski definition) is 3. The first-order chi connectivity index (χ1) is 17.9. The van der Waals surface area contributed by atoms with E-state index in [9.17, 15) is 14.7 Å². The number of nitrogens with zero attached hydrogens (tertiary/aromatic N) is 1. The number of aryl methyl sites for hydroxylation is 2. The van der Waals surface area contributed by atoms with Crippen LogP contribution < -0.4 is 4.74 Å². The Balaban J connectivity index is 1.50. The van der Waals surface area contributed by atoms with Gasteiger partial charge in [0.15, 0.2) is 0 Å². The van der Waals surface area contributed by atoms with Crippen molar-refractivity contribution in [2.45, 2.75) is 45.8 Å². The van der Waals surface area contributed by atoms with E-state index in [4.69, 9.17) is 9.84 Å². The van der Waals surface area contributed by atoms with Crippen LogP contribution in [0.4, 0.5) is 0 Å². The van der Waals surface area contributed by atoms with Gasteiger partial charge in [0.25, 0.3) is 0 Å². The summed E-state index contributed by atoms with van der Waals surface area (Å²) >= 11 is 0. The molecule has 6 heteroatoms. The molecule has 0 saturated carbocycles. The topological polar surface area (TPSA) is 88.8 Å². The lowest BCUT2D eigenvalue weighted by atomic mass is 10.0. The van der Waals surface area contributed by atoms with Gasteiger partial charge >= 0.3 is 11.9 Å². The summed E-state index contributed by atoms with van der Waals surface area (Å²) in [6.07, 6.45) is 7.28. The Morgan fingerprint density at radius 2 is 1.62 bits per heavy atom. The van der Waals surface area contributed by atoms with Crippen molar-refractivity contribution in [2.75, 3.05) is 0 Å². The Morgan fingerprint density at radius 3 is 2.30 bits per heavy atom. The lowest BCUT2D eigenvalue weighted by Gasteiger charge is -2.07. The molecule has 37 heavy (non-hydrogen) atoms. The van der Waals surface area contributed by atoms with Crippen molar-refractivity contribution < 1.29 is 24.5 Å². The van der Waals surface area contributed by atoms with Crippen LogP contribution in [0.25, 0.3) is 23.1 Å². The zero-order valence-electron chi connectivity index (χ0n) is 20.9. The number of fused-ring (bicyclic) bond motifs is 1. The quantitative estimate of drug-likeness (QED) is 0.220. The fourth-order valence-electron chi connectivity index (χ4n) is 4.39. The second-order valence-electron chi connectivity index (χ2n) is 9.02. The largest absolute Gasteiger partial charge is 0.489 e. The van der Waals surface area contributed by atoms with Crippen molar-refractivity contribution >= 4 is 35.0 Å². The lowest BCUT2D eigenvalue weighted by Crippen LogP contribution is -2.01. The van der Waals surface area contributed by atoms with Crippen LogP contribution in [0, 0.1) is 0 Å². The van der Waals surface area contributed by atoms with Crippen molar-refractivity contribution in [3.63, 3.8) is 0 Å². The molecule has 0 radical (unpaired) electrons. The zero-order valence-corrected chi connectivity index (χ0v) is 20.9. The Kier molecular flexibility index (Phi) is 8.41. The number of carbonyl (C=O) groups is 2. The van der Waals surface area contributed by atoms with Crippen LogP contribution in [0.1, 0.15) is 47.6 Å². The van der Waals surface area contributed by atoms with E-state index in [2.05, 4.69) is 31.2 Å². The van der Waals surface area contributed by atoms with E-state index in [1.807, 2.05) is 65.4 Å². The second kappa shape index (κ2) is 12.1. The number of hydrogen-bond donors (Lipinski definition) is 2. The maximum absolute atomic E-state index is 11.5. The minimum absolute atomic E-state index is 0.0678. The number of benzene rings is 3. The third-order valence-electron chi connectivity index (χ3n) is 6.32. The number of aromatic nitrogens is 1. The predicted molar refractivity (Wildman–Crippen MR) is 146 cm³/mol. The first-order valence-corrected chi connectivity index (χ1v) is 12.5. The highest BCUT2D eigenvalue weighted by Gasteiger charge is 2.14. The molecule has 4 aromatic rings. The summed E-state index contributed by atoms with van der Waals surface area (Å²) in [5, 5.41) is 19.3. The molecule has 1 heterocycles. The molecule has 0 saturated heterocycles. The van der Waals surface area contributed by atoms with Gasteiger partial charge in [-0.25, -0.2) is 0 Å². The molecule has 190 valence electrons. The van der Waals surface area contributed by atoms with Crippen molar-refractivity contribution in [2.24, 2.45) is 0 Å². The SMILES string of the molecule is CCc1ccc(COc2ccc(C=Cc3cccc4c3c(CC(=O)O)cn4CCCC(=O)O)cc2)cc1. The normalized spacial score (nSPS) is 11.3. The fraction of sp³-hybridized carbons (Fsp3) is 0.226. The van der Waals surface area contributed by atoms with E-state index in [0.29, 0.717) is 25.1 Å². The van der Waals surface area contributed by atoms with Crippen molar-refractivity contribution in [3.8, 4) is 5.75 Å². The monoisotopic (exact) mass is 497 g/mol. The number of carboxylic acid groups (broad SMARTS) is 2. The van der Waals surface area contributed by atoms with Gasteiger partial charge in [-0.1, -0.05) is 67.6 Å². The smallest absolute Gasteiger partial charge is 0.307 e. The number of carboxylic acids is 2. The summed E-state index contributed by atoms with van der Waals surface area (Å²) in [7, 11) is 0. The Bertz CT molecular complexity index is 1400. The maximum atomic E-state index is 11.5. The third-order valence-corrected chi connectivity index (χ3v) is 6.32. The van der Waals surface area contributed by atoms with Crippen LogP contribution in [-0.4, -0.2) is 26.7 Å². The molecule has 0 spiro atoms. The average Bonchev–Trinajstić information content (AvgIpc) is 3.24. The van der Waals surface area contributed by atoms with E-state index >= 15 is 0 Å². The molecule has 0 fully saturated rings. The molecule has 6 nitrogen and oxygen atoms in total. The highest BCUT2D eigenvalue weighted by molar-refractivity contribution is 5.96. The van der Waals surface area contributed by atoms with Crippen LogP contribution in [0.5, 0.6) is 5.75 Å². The third kappa shape index (κ3) is 6.88. The van der Waals surface area contributed by atoms with Gasteiger partial charge in [-0.3, -0.25) is 9.59 Å². The molecule has 0 atom stereocenters. The standard InChI is InChI=1S/C31H31NO5/c1-2-22-8-10-24(11-9-22)21-37-27-16-13-23(14-17-27)12-15-25-5-3-6-28-31(25)26(19-30(35)36)20-32(28)18-4-7-29(33)34/h3,5-6,8-17,20H,2,4,7,18-19,21H2,1H3,(H,33,34)(H,35,36). The summed E-state index contributed by atoms with van der Waals surface area (Å²) < 4.78 is 7.88. The zero-order chi connectivity index (χ0) is 26.2. The average molecular weight is 498 g/mol. The molecule has 3 aromatic carbocycles. The molecule has 0 unspecified atom stereocenters. The molecule has 4 rings (SSSR count). The van der Waals surface area contributed by atoms with Gasteiger partial charge in [0.1, 0.15) is 12.4 Å². The molecule has 0 aliphatic heterocycles. The lowest BCUT2D eigenvalue weighted by molar-refractivity contribution is -0.137. The van der Waals surface area contributed by atoms with Gasteiger partial charge < -0.3 is 19.5 Å². The van der Waals surface area contributed by atoms with Crippen molar-refractivity contribution in [3.05, 3.63) is 101 Å². The molecule has 0 aliphatic carbocycles. The van der Waals surface area contributed by atoms with Crippen molar-refractivity contribution in [1.29, 1.82) is 0 Å². The van der Waals surface area contributed by atoms with Gasteiger partial charge in [0.05, 0.1) is 6.42 Å². The van der Waals surface area contributed by atoms with E-state index in [1.165, 1.54) is 5.56 Å². The number of ether oxygens (including phenoxy) is 1. The van der Waals surface area contributed by atoms with Gasteiger partial charge in [0, 0.05) is 30.1 Å². The minimum Gasteiger partial charge on any atom is -0.489 e. The summed E-state index contributed by atoms with van der Waals surface area (Å²) in [5.74, 6) is -0.950. The summed E-state index contributed by atoms with van der Waals surface area (Å²) in [6.45, 7) is 3.16. The first kappa shape index (κ1) is 25.8. The molecule has 2 N–H and O–H groups in total. The summed E-state index contributed by atoms with van der Waals surface area (Å²) in [4.78, 5) is 22.4. The molecule has 0 bridgehead atoms. The number of rotatable bonds is 12. The molecule has 0 amide bonds. The molecule has 1 aromatic heterocycles. The summed E-state index contributed by atoms with van der Waals surface area (Å²) in [5.41, 5.74) is 5.97. The van der Waals surface area contributed by atoms with Gasteiger partial charge in [-0.05, 0) is 58.9 Å². The predicted octanol–water partition coefficient (Wildman–Crippen LogP) is 6.45. The van der Waals surface area contributed by atoms with E-state index < -0.39 is 11.9 Å². The molecular weight excluding hydrogens is 466 g/mol. The highest BCUT2D eigenvalue weighted by Crippen LogP contribution is 2.28. The van der Waals surface area contributed by atoms with E-state index in [0.717, 1.165) is 39.8 Å². The van der Waals surface area contributed by atoms with E-state index in [1.54, 1.807) is 0 Å². The van der Waals surface area contributed by atoms with Crippen LogP contribution >= 0.6 is 0 Å². The maximum Gasteiger partial charge on any atom is 0.307 e. The van der Waals surface area contributed by atoms with Crippen LogP contribution in [0.3, 0.4) is 0 Å². The molecule has 0 aliphatic rings. The van der Waals surface area contributed by atoms with Crippen LogP contribution in [-0.2, 0) is 35.6 Å². The van der Waals surface area contributed by atoms with Crippen molar-refractivity contribution in [1.82, 2.24) is 4.57 Å². The Hall–Kier alpha value is -4.32. The van der Waals surface area contributed by atoms with Gasteiger partial charge in [0.2, 0.25) is 0 Å². The summed E-state index contributed by atoms with van der Waals surface area (Å²) in [6, 6.07) is 22.1. The Morgan fingerprint density at radius 1 is 0.892 bits per heavy atom. The van der Waals surface area contributed by atoms with Crippen LogP contribution in [0.15, 0.2) is 72.9 Å². The Labute approximate surface area is 216 Å².